The van der Waals surface area contributed by atoms with Gasteiger partial charge in [-0.2, -0.15) is 0 Å². The maximum Gasteiger partial charge on any atom is 0.334 e. The summed E-state index contributed by atoms with van der Waals surface area (Å²) < 4.78 is 15.2. The van der Waals surface area contributed by atoms with Gasteiger partial charge in [0.1, 0.15) is 5.65 Å². The van der Waals surface area contributed by atoms with E-state index in [1.165, 1.54) is 12.0 Å². The van der Waals surface area contributed by atoms with Crippen molar-refractivity contribution >= 4 is 27.9 Å². The lowest BCUT2D eigenvalue weighted by Crippen LogP contribution is -2.36. The van der Waals surface area contributed by atoms with Crippen LogP contribution in [-0.2, 0) is 16.0 Å². The summed E-state index contributed by atoms with van der Waals surface area (Å²) in [6.45, 7) is 5.28. The molecule has 4 aromatic heterocycles. The average molecular weight is 488 g/mol. The molecule has 1 saturated heterocycles. The van der Waals surface area contributed by atoms with Gasteiger partial charge in [-0.1, -0.05) is 6.08 Å². The molecule has 4 aromatic rings. The van der Waals surface area contributed by atoms with Gasteiger partial charge in [0.25, 0.3) is 0 Å². The SMILES string of the molecule is CO[C@@H]1CC[C@H](Cn2c(=O)n(C3=CCCCC3)c3ncc(-c4cnc5[nH]cc(C)c5c4C)cc32)OC1. The number of hydrogen-bond acceptors (Lipinski definition) is 5. The minimum atomic E-state index is -0.0351. The van der Waals surface area contributed by atoms with Crippen molar-refractivity contribution in [3.05, 3.63) is 52.3 Å². The molecule has 0 spiro atoms. The van der Waals surface area contributed by atoms with Crippen molar-refractivity contribution in [1.29, 1.82) is 0 Å². The van der Waals surface area contributed by atoms with Crippen molar-refractivity contribution < 1.29 is 9.47 Å². The summed E-state index contributed by atoms with van der Waals surface area (Å²) in [4.78, 5) is 26.6. The van der Waals surface area contributed by atoms with Crippen molar-refractivity contribution in [2.24, 2.45) is 0 Å². The number of allylic oxidation sites excluding steroid dienone is 2. The van der Waals surface area contributed by atoms with E-state index < -0.39 is 0 Å². The first-order valence-electron chi connectivity index (χ1n) is 12.9. The van der Waals surface area contributed by atoms with Gasteiger partial charge in [0.2, 0.25) is 0 Å². The van der Waals surface area contributed by atoms with Gasteiger partial charge in [-0.05, 0) is 69.6 Å². The molecule has 1 aliphatic carbocycles. The van der Waals surface area contributed by atoms with Gasteiger partial charge in [0.05, 0.1) is 30.9 Å². The minimum absolute atomic E-state index is 0.0283. The van der Waals surface area contributed by atoms with Crippen LogP contribution in [0.4, 0.5) is 0 Å². The molecule has 5 heterocycles. The molecule has 0 radical (unpaired) electrons. The lowest BCUT2D eigenvalue weighted by atomic mass is 10.0. The van der Waals surface area contributed by atoms with Crippen molar-refractivity contribution in [3.63, 3.8) is 0 Å². The van der Waals surface area contributed by atoms with Crippen LogP contribution in [0.5, 0.6) is 0 Å². The van der Waals surface area contributed by atoms with Crippen LogP contribution in [0, 0.1) is 13.8 Å². The molecule has 2 aliphatic rings. The first kappa shape index (κ1) is 23.2. The summed E-state index contributed by atoms with van der Waals surface area (Å²) in [6, 6.07) is 2.10. The quantitative estimate of drug-likeness (QED) is 0.430. The van der Waals surface area contributed by atoms with E-state index >= 15 is 0 Å². The molecule has 36 heavy (non-hydrogen) atoms. The van der Waals surface area contributed by atoms with E-state index in [9.17, 15) is 4.79 Å². The number of hydrogen-bond donors (Lipinski definition) is 1. The molecule has 0 aromatic carbocycles. The largest absolute Gasteiger partial charge is 0.379 e. The van der Waals surface area contributed by atoms with Crippen LogP contribution in [0.3, 0.4) is 0 Å². The van der Waals surface area contributed by atoms with Crippen LogP contribution in [-0.4, -0.2) is 50.0 Å². The molecule has 0 amide bonds. The number of aryl methyl sites for hydroxylation is 2. The zero-order valence-electron chi connectivity index (χ0n) is 21.2. The van der Waals surface area contributed by atoms with Gasteiger partial charge in [-0.15, -0.1) is 0 Å². The van der Waals surface area contributed by atoms with E-state index in [0.29, 0.717) is 18.8 Å². The Morgan fingerprint density at radius 3 is 2.83 bits per heavy atom. The second-order valence-corrected chi connectivity index (χ2v) is 10.1. The number of rotatable bonds is 5. The van der Waals surface area contributed by atoms with Crippen LogP contribution >= 0.6 is 0 Å². The highest BCUT2D eigenvalue weighted by Crippen LogP contribution is 2.32. The second kappa shape index (κ2) is 9.33. The van der Waals surface area contributed by atoms with E-state index in [1.54, 1.807) is 7.11 Å². The van der Waals surface area contributed by atoms with Crippen molar-refractivity contribution in [2.45, 2.75) is 71.1 Å². The Kier molecular flexibility index (Phi) is 6.01. The Bertz CT molecular complexity index is 1520. The number of ether oxygens (including phenoxy) is 2. The summed E-state index contributed by atoms with van der Waals surface area (Å²) in [5.41, 5.74) is 7.78. The normalized spacial score (nSPS) is 20.8. The zero-order valence-corrected chi connectivity index (χ0v) is 21.2. The number of H-pyrrole nitrogens is 1. The molecule has 188 valence electrons. The molecule has 1 aliphatic heterocycles. The fraction of sp³-hybridized carbons (Fsp3) is 0.464. The van der Waals surface area contributed by atoms with Crippen molar-refractivity contribution in [2.75, 3.05) is 13.7 Å². The summed E-state index contributed by atoms with van der Waals surface area (Å²) in [5, 5.41) is 1.14. The first-order valence-corrected chi connectivity index (χ1v) is 12.9. The fourth-order valence-corrected chi connectivity index (χ4v) is 5.79. The third kappa shape index (κ3) is 3.89. The Labute approximate surface area is 210 Å². The van der Waals surface area contributed by atoms with E-state index in [0.717, 1.165) is 71.0 Å². The topological polar surface area (TPSA) is 87.0 Å². The summed E-state index contributed by atoms with van der Waals surface area (Å²) in [5.74, 6) is 0. The van der Waals surface area contributed by atoms with Crippen LogP contribution < -0.4 is 5.69 Å². The highest BCUT2D eigenvalue weighted by molar-refractivity contribution is 5.90. The highest BCUT2D eigenvalue weighted by Gasteiger charge is 2.26. The smallest absolute Gasteiger partial charge is 0.334 e. The molecule has 8 nitrogen and oxygen atoms in total. The number of nitrogens with zero attached hydrogens (tertiary/aromatic N) is 4. The molecule has 1 fully saturated rings. The monoisotopic (exact) mass is 487 g/mol. The number of fused-ring (bicyclic) bond motifs is 2. The Balaban J connectivity index is 1.48. The molecule has 2 atom stereocenters. The molecule has 0 saturated carbocycles. The van der Waals surface area contributed by atoms with E-state index in [4.69, 9.17) is 14.5 Å². The van der Waals surface area contributed by atoms with Gasteiger partial charge in [-0.25, -0.2) is 19.3 Å². The highest BCUT2D eigenvalue weighted by atomic mass is 16.5. The predicted molar refractivity (Wildman–Crippen MR) is 141 cm³/mol. The standard InChI is InChI=1S/C28H33N5O3/c1-17-12-29-26-25(17)18(2)23(14-30-26)19-11-24-27(31-13-19)33(20-7-5-4-6-8-20)28(34)32(24)15-21-9-10-22(35-3)16-36-21/h7,11-14,21-22H,4-6,8-10,15-16H2,1-3H3,(H,29,30)/t21-,22-/m1/s1. The lowest BCUT2D eigenvalue weighted by molar-refractivity contribution is -0.0757. The molecule has 6 rings (SSSR count). The first-order chi connectivity index (χ1) is 17.5. The van der Waals surface area contributed by atoms with Crippen LogP contribution in [0.25, 0.3) is 39.0 Å². The van der Waals surface area contributed by atoms with E-state index in [1.807, 2.05) is 27.7 Å². The van der Waals surface area contributed by atoms with Crippen LogP contribution in [0.1, 0.15) is 49.7 Å². The number of methoxy groups -OCH3 is 1. The number of aromatic amines is 1. The third-order valence-corrected chi connectivity index (χ3v) is 7.84. The molecular formula is C28H33N5O3. The maximum atomic E-state index is 13.8. The second-order valence-electron chi connectivity index (χ2n) is 10.1. The Morgan fingerprint density at radius 1 is 1.19 bits per heavy atom. The molecule has 8 heteroatoms. The zero-order chi connectivity index (χ0) is 24.8. The summed E-state index contributed by atoms with van der Waals surface area (Å²) in [7, 11) is 1.72. The number of aromatic nitrogens is 5. The van der Waals surface area contributed by atoms with Gasteiger partial charge < -0.3 is 14.5 Å². The van der Waals surface area contributed by atoms with E-state index in [2.05, 4.69) is 36.0 Å². The van der Waals surface area contributed by atoms with E-state index in [-0.39, 0.29) is 17.9 Å². The van der Waals surface area contributed by atoms with Gasteiger partial charge >= 0.3 is 5.69 Å². The van der Waals surface area contributed by atoms with Crippen molar-refractivity contribution in [3.8, 4) is 11.1 Å². The lowest BCUT2D eigenvalue weighted by Gasteiger charge is -2.28. The van der Waals surface area contributed by atoms with Gasteiger partial charge in [-0.3, -0.25) is 4.57 Å². The summed E-state index contributed by atoms with van der Waals surface area (Å²) in [6.07, 6.45) is 14.0. The third-order valence-electron chi connectivity index (χ3n) is 7.84. The van der Waals surface area contributed by atoms with Gasteiger partial charge in [0, 0.05) is 47.9 Å². The maximum absolute atomic E-state index is 13.8. The predicted octanol–water partition coefficient (Wildman–Crippen LogP) is 4.97. The molecular weight excluding hydrogens is 454 g/mol. The molecule has 1 N–H and O–H groups in total. The molecule has 0 bridgehead atoms. The van der Waals surface area contributed by atoms with Crippen LogP contribution in [0.15, 0.2) is 35.5 Å². The Morgan fingerprint density at radius 2 is 2.08 bits per heavy atom. The number of imidazole rings is 1. The minimum Gasteiger partial charge on any atom is -0.379 e. The van der Waals surface area contributed by atoms with Gasteiger partial charge in [0.15, 0.2) is 5.65 Å². The summed E-state index contributed by atoms with van der Waals surface area (Å²) >= 11 is 0. The number of pyridine rings is 2. The van der Waals surface area contributed by atoms with Crippen LogP contribution in [0.2, 0.25) is 0 Å². The van der Waals surface area contributed by atoms with Crippen molar-refractivity contribution in [1.82, 2.24) is 24.1 Å². The average Bonchev–Trinajstić information content (AvgIpc) is 3.42. The fourth-order valence-electron chi connectivity index (χ4n) is 5.79. The molecule has 0 unspecified atom stereocenters. The Hall–Kier alpha value is -3.23. The number of nitrogens with one attached hydrogen (secondary N) is 1.